The van der Waals surface area contributed by atoms with Crippen LogP contribution in [0.1, 0.15) is 48.0 Å². The molecule has 0 spiro atoms. The number of allylic oxidation sites excluding steroid dienone is 1. The van der Waals surface area contributed by atoms with Gasteiger partial charge in [0.05, 0.1) is 0 Å². The maximum Gasteiger partial charge on any atom is 0.448 e. The summed E-state index contributed by atoms with van der Waals surface area (Å²) >= 11 is 0. The number of halogens is 3. The number of carbonyl (C=O) groups is 1. The van der Waals surface area contributed by atoms with Gasteiger partial charge in [0.1, 0.15) is 0 Å². The molecule has 4 nitrogen and oxygen atoms in total. The third-order valence-electron chi connectivity index (χ3n) is 5.51. The number of primary amides is 1. The first kappa shape index (κ1) is 25.5. The lowest BCUT2D eigenvalue weighted by Gasteiger charge is -2.21. The number of aliphatic hydroxyl groups excluding tert-OH is 1. The summed E-state index contributed by atoms with van der Waals surface area (Å²) in [6.45, 7) is 4.45. The fourth-order valence-corrected chi connectivity index (χ4v) is 3.66. The maximum atomic E-state index is 11.2. The standard InChI is InChI=1S/C22H28N2O.C3H3F3O/c23-22(25)20-11-9-19(10-12-20)21-8-4-7-17(15-21)13-14-24-16-18-5-2-1-3-6-18;1-2(7)3(4,5)6/h4,7-12,15,18,24H,1-3,5-6,13-14,16H2,(H2,23,25);7H,1H2. The number of aliphatic hydroxyl groups is 1. The van der Waals surface area contributed by atoms with Crippen LogP contribution in [-0.4, -0.2) is 30.3 Å². The normalized spacial score (nSPS) is 14.3. The number of hydrogen-bond donors (Lipinski definition) is 3. The molecule has 1 fully saturated rings. The quantitative estimate of drug-likeness (QED) is 0.371. The van der Waals surface area contributed by atoms with E-state index in [-0.39, 0.29) is 5.91 Å². The molecule has 3 rings (SSSR count). The summed E-state index contributed by atoms with van der Waals surface area (Å²) in [5.41, 5.74) is 9.49. The average molecular weight is 449 g/mol. The van der Waals surface area contributed by atoms with Gasteiger partial charge < -0.3 is 16.2 Å². The number of carbonyl (C=O) groups excluding carboxylic acids is 1. The van der Waals surface area contributed by atoms with Crippen LogP contribution < -0.4 is 11.1 Å². The zero-order valence-electron chi connectivity index (χ0n) is 18.1. The Morgan fingerprint density at radius 2 is 1.69 bits per heavy atom. The first-order valence-corrected chi connectivity index (χ1v) is 10.8. The highest BCUT2D eigenvalue weighted by atomic mass is 19.4. The maximum absolute atomic E-state index is 11.2. The van der Waals surface area contributed by atoms with Gasteiger partial charge in [-0.15, -0.1) is 0 Å². The predicted octanol–water partition coefficient (Wildman–Crippen LogP) is 5.79. The van der Waals surface area contributed by atoms with Gasteiger partial charge in [-0.2, -0.15) is 13.2 Å². The van der Waals surface area contributed by atoms with Gasteiger partial charge in [0, 0.05) is 5.56 Å². The van der Waals surface area contributed by atoms with E-state index in [1.54, 1.807) is 12.1 Å². The molecule has 1 aliphatic carbocycles. The summed E-state index contributed by atoms with van der Waals surface area (Å²) in [6.07, 6.45) is 3.42. The van der Waals surface area contributed by atoms with Crippen molar-refractivity contribution in [1.29, 1.82) is 0 Å². The number of rotatable bonds is 7. The van der Waals surface area contributed by atoms with Crippen molar-refractivity contribution in [3.05, 3.63) is 72.0 Å². The van der Waals surface area contributed by atoms with Crippen LogP contribution in [0.2, 0.25) is 0 Å². The molecule has 0 unspecified atom stereocenters. The first-order chi connectivity index (χ1) is 15.2. The largest absolute Gasteiger partial charge is 0.505 e. The third kappa shape index (κ3) is 8.75. The van der Waals surface area contributed by atoms with Crippen molar-refractivity contribution in [3.63, 3.8) is 0 Å². The molecule has 0 bridgehead atoms. The molecular formula is C25H31F3N2O2. The van der Waals surface area contributed by atoms with Gasteiger partial charge in [0.15, 0.2) is 5.76 Å². The SMILES string of the molecule is C=C(O)C(F)(F)F.NC(=O)c1ccc(-c2cccc(CCNCC3CCCCC3)c2)cc1. The summed E-state index contributed by atoms with van der Waals surface area (Å²) in [5.74, 6) is -1.26. The van der Waals surface area contributed by atoms with E-state index >= 15 is 0 Å². The molecule has 2 aromatic rings. The van der Waals surface area contributed by atoms with E-state index in [4.69, 9.17) is 10.8 Å². The van der Waals surface area contributed by atoms with E-state index in [0.717, 1.165) is 31.0 Å². The molecule has 4 N–H and O–H groups in total. The van der Waals surface area contributed by atoms with Crippen LogP contribution in [-0.2, 0) is 6.42 Å². The molecule has 32 heavy (non-hydrogen) atoms. The number of benzene rings is 2. The van der Waals surface area contributed by atoms with E-state index in [1.165, 1.54) is 43.2 Å². The number of alkyl halides is 3. The van der Waals surface area contributed by atoms with Gasteiger partial charge in [-0.25, -0.2) is 0 Å². The smallest absolute Gasteiger partial charge is 0.448 e. The van der Waals surface area contributed by atoms with Gasteiger partial charge in [0.25, 0.3) is 0 Å². The summed E-state index contributed by atoms with van der Waals surface area (Å²) in [6, 6.07) is 16.1. The lowest BCUT2D eigenvalue weighted by atomic mass is 9.89. The Morgan fingerprint density at radius 1 is 1.06 bits per heavy atom. The highest BCUT2D eigenvalue weighted by molar-refractivity contribution is 5.93. The summed E-state index contributed by atoms with van der Waals surface area (Å²) < 4.78 is 32.5. The summed E-state index contributed by atoms with van der Waals surface area (Å²) in [7, 11) is 0. The molecule has 0 aromatic heterocycles. The molecular weight excluding hydrogens is 417 g/mol. The van der Waals surface area contributed by atoms with Gasteiger partial charge in [-0.05, 0) is 67.1 Å². The fourth-order valence-electron chi connectivity index (χ4n) is 3.66. The predicted molar refractivity (Wildman–Crippen MR) is 121 cm³/mol. The van der Waals surface area contributed by atoms with E-state index < -0.39 is 11.9 Å². The van der Waals surface area contributed by atoms with Crippen molar-refractivity contribution in [2.24, 2.45) is 11.7 Å². The Morgan fingerprint density at radius 3 is 2.25 bits per heavy atom. The molecule has 7 heteroatoms. The monoisotopic (exact) mass is 448 g/mol. The molecule has 0 atom stereocenters. The van der Waals surface area contributed by atoms with Crippen LogP contribution in [0, 0.1) is 5.92 Å². The van der Waals surface area contributed by atoms with E-state index in [1.807, 2.05) is 12.1 Å². The van der Waals surface area contributed by atoms with Crippen molar-refractivity contribution in [1.82, 2.24) is 5.32 Å². The second kappa shape index (κ2) is 12.3. The molecule has 174 valence electrons. The van der Waals surface area contributed by atoms with Crippen molar-refractivity contribution >= 4 is 5.91 Å². The zero-order valence-corrected chi connectivity index (χ0v) is 18.1. The van der Waals surface area contributed by atoms with Crippen molar-refractivity contribution in [2.45, 2.75) is 44.7 Å². The second-order valence-electron chi connectivity index (χ2n) is 8.04. The Labute approximate surface area is 187 Å². The molecule has 0 saturated heterocycles. The van der Waals surface area contributed by atoms with Crippen molar-refractivity contribution < 1.29 is 23.1 Å². The van der Waals surface area contributed by atoms with Crippen LogP contribution in [0.4, 0.5) is 13.2 Å². The first-order valence-electron chi connectivity index (χ1n) is 10.8. The minimum absolute atomic E-state index is 0.385. The number of amides is 1. The minimum atomic E-state index is -4.64. The van der Waals surface area contributed by atoms with Gasteiger partial charge >= 0.3 is 6.18 Å². The van der Waals surface area contributed by atoms with Crippen LogP contribution in [0.15, 0.2) is 60.9 Å². The fraction of sp³-hybridized carbons (Fsp3) is 0.400. The average Bonchev–Trinajstić information content (AvgIpc) is 2.77. The van der Waals surface area contributed by atoms with Crippen molar-refractivity contribution in [2.75, 3.05) is 13.1 Å². The molecule has 2 aromatic carbocycles. The molecule has 0 aliphatic heterocycles. The highest BCUT2D eigenvalue weighted by Gasteiger charge is 2.31. The highest BCUT2D eigenvalue weighted by Crippen LogP contribution is 2.23. The lowest BCUT2D eigenvalue weighted by Crippen LogP contribution is -2.26. The van der Waals surface area contributed by atoms with E-state index in [0.29, 0.717) is 5.56 Å². The zero-order chi connectivity index (χ0) is 23.6. The van der Waals surface area contributed by atoms with Gasteiger partial charge in [0.2, 0.25) is 5.91 Å². The number of hydrogen-bond acceptors (Lipinski definition) is 3. The molecule has 1 aliphatic rings. The summed E-state index contributed by atoms with van der Waals surface area (Å²) in [5, 5.41) is 11.2. The summed E-state index contributed by atoms with van der Waals surface area (Å²) in [4.78, 5) is 11.2. The van der Waals surface area contributed by atoms with E-state index in [9.17, 15) is 18.0 Å². The Hall–Kier alpha value is -2.80. The Balaban J connectivity index is 0.000000451. The lowest BCUT2D eigenvalue weighted by molar-refractivity contribution is -0.119. The Kier molecular flexibility index (Phi) is 9.78. The van der Waals surface area contributed by atoms with Crippen molar-refractivity contribution in [3.8, 4) is 11.1 Å². The van der Waals surface area contributed by atoms with Crippen LogP contribution in [0.5, 0.6) is 0 Å². The number of nitrogens with two attached hydrogens (primary N) is 1. The van der Waals surface area contributed by atoms with E-state index in [2.05, 4.69) is 36.2 Å². The molecule has 1 saturated carbocycles. The third-order valence-corrected chi connectivity index (χ3v) is 5.51. The topological polar surface area (TPSA) is 75.3 Å². The van der Waals surface area contributed by atoms with Crippen LogP contribution >= 0.6 is 0 Å². The van der Waals surface area contributed by atoms with Gasteiger partial charge in [-0.3, -0.25) is 4.79 Å². The number of nitrogens with one attached hydrogen (secondary N) is 1. The molecule has 1 amide bonds. The van der Waals surface area contributed by atoms with Crippen LogP contribution in [0.3, 0.4) is 0 Å². The minimum Gasteiger partial charge on any atom is -0.505 e. The molecule has 0 heterocycles. The van der Waals surface area contributed by atoms with Gasteiger partial charge in [-0.1, -0.05) is 62.2 Å². The Bertz CT molecular complexity index is 874. The second-order valence-corrected chi connectivity index (χ2v) is 8.04. The molecule has 0 radical (unpaired) electrons. The van der Waals surface area contributed by atoms with Crippen LogP contribution in [0.25, 0.3) is 11.1 Å².